The number of aliphatic hydroxyl groups is 3. The average molecular weight is 538 g/mol. The number of phenolic OH excluding ortho intramolecular Hbond substituents is 1. The number of phenols is 1. The number of aliphatic hydroxyl groups excluding tert-OH is 2. The topological polar surface area (TPSA) is 178 Å². The summed E-state index contributed by atoms with van der Waals surface area (Å²) in [4.78, 5) is 43.0. The van der Waals surface area contributed by atoms with E-state index in [0.29, 0.717) is 28.8 Å². The van der Waals surface area contributed by atoms with E-state index in [4.69, 9.17) is 10.2 Å². The van der Waals surface area contributed by atoms with E-state index in [1.54, 1.807) is 26.2 Å². The lowest BCUT2D eigenvalue weighted by Crippen LogP contribution is -2.63. The molecule has 1 heterocycles. The van der Waals surface area contributed by atoms with Gasteiger partial charge in [0.15, 0.2) is 11.4 Å². The largest absolute Gasteiger partial charge is 0.510 e. The second-order valence-corrected chi connectivity index (χ2v) is 11.0. The van der Waals surface area contributed by atoms with Crippen LogP contribution in [-0.2, 0) is 22.6 Å². The van der Waals surface area contributed by atoms with Crippen LogP contribution in [0.5, 0.6) is 5.75 Å². The van der Waals surface area contributed by atoms with Crippen LogP contribution < -0.4 is 5.73 Å². The molecule has 0 fully saturated rings. The van der Waals surface area contributed by atoms with Gasteiger partial charge in [0.2, 0.25) is 5.78 Å². The van der Waals surface area contributed by atoms with E-state index in [-0.39, 0.29) is 29.7 Å². The number of carbonyl (C=O) groups excluding carboxylic acids is 3. The van der Waals surface area contributed by atoms with Gasteiger partial charge in [0, 0.05) is 29.2 Å². The van der Waals surface area contributed by atoms with Crippen molar-refractivity contribution >= 4 is 17.5 Å². The summed E-state index contributed by atoms with van der Waals surface area (Å²) in [7, 11) is 6.81. The number of nitrogens with zero attached hydrogens (tertiary/aromatic N) is 2. The molecule has 3 aliphatic rings. The first-order chi connectivity index (χ1) is 18.3. The van der Waals surface area contributed by atoms with Gasteiger partial charge in [-0.3, -0.25) is 19.3 Å². The molecule has 206 valence electrons. The minimum Gasteiger partial charge on any atom is -0.510 e. The highest BCUT2D eigenvalue weighted by molar-refractivity contribution is 6.25. The van der Waals surface area contributed by atoms with Crippen molar-refractivity contribution in [2.24, 2.45) is 17.6 Å². The normalized spacial score (nSPS) is 26.7. The number of likely N-dealkylation sites (N-methyl/N-ethyl adjacent to an activating group) is 1. The molecule has 1 amide bonds. The van der Waals surface area contributed by atoms with E-state index in [9.17, 15) is 34.8 Å². The van der Waals surface area contributed by atoms with E-state index in [1.165, 1.54) is 17.4 Å². The number of fused-ring (bicyclic) bond motifs is 3. The van der Waals surface area contributed by atoms with E-state index in [0.717, 1.165) is 0 Å². The predicted octanol–water partition coefficient (Wildman–Crippen LogP) is 1.44. The molecule has 0 saturated carbocycles. The number of amides is 1. The van der Waals surface area contributed by atoms with Crippen LogP contribution in [0, 0.1) is 11.8 Å². The van der Waals surface area contributed by atoms with E-state index >= 15 is 0 Å². The lowest BCUT2D eigenvalue weighted by Gasteiger charge is -2.50. The summed E-state index contributed by atoms with van der Waals surface area (Å²) in [5.41, 5.74) is 4.08. The summed E-state index contributed by atoms with van der Waals surface area (Å²) in [6, 6.07) is 2.51. The summed E-state index contributed by atoms with van der Waals surface area (Å²) in [5.74, 6) is -6.71. The second kappa shape index (κ2) is 9.08. The van der Waals surface area contributed by atoms with Crippen molar-refractivity contribution in [1.82, 2.24) is 9.80 Å². The highest BCUT2D eigenvalue weighted by Crippen LogP contribution is 2.53. The third-order valence-electron chi connectivity index (χ3n) is 8.12. The van der Waals surface area contributed by atoms with E-state index in [2.05, 4.69) is 0 Å². The van der Waals surface area contributed by atoms with Gasteiger partial charge in [0.25, 0.3) is 5.91 Å². The number of hydrogen-bond donors (Lipinski definition) is 5. The van der Waals surface area contributed by atoms with Crippen molar-refractivity contribution in [3.63, 3.8) is 0 Å². The zero-order chi connectivity index (χ0) is 28.5. The van der Waals surface area contributed by atoms with E-state index in [1.807, 2.05) is 19.0 Å². The molecule has 0 radical (unpaired) electrons. The Morgan fingerprint density at radius 1 is 1.18 bits per heavy atom. The number of allylic oxidation sites excluding steroid dienone is 1. The molecule has 11 heteroatoms. The van der Waals surface area contributed by atoms with Crippen LogP contribution >= 0.6 is 0 Å². The first-order valence-electron chi connectivity index (χ1n) is 12.5. The third kappa shape index (κ3) is 3.72. The average Bonchev–Trinajstić information content (AvgIpc) is 3.37. The summed E-state index contributed by atoms with van der Waals surface area (Å²) < 4.78 is 5.29. The monoisotopic (exact) mass is 537 g/mol. The maximum absolute atomic E-state index is 14.1. The standard InChI is InChI=1S/C28H31N3O8/c1-30(2)10-14-8-15(12-5-6-39-11-12)16-7-13-9-17-21(31(3)4)24(34)20(27(29)37)26(36)28(17,38)25(35)18(13)23(33)19(16)22(14)32/h5-6,8,11,13,17,21,32,34-35,38H,7,9-10H2,1-4H3,(H2,29,37)/t13-,17-,21-,28-/m0/s1. The van der Waals surface area contributed by atoms with Gasteiger partial charge in [-0.1, -0.05) is 0 Å². The molecule has 39 heavy (non-hydrogen) atoms. The maximum atomic E-state index is 14.1. The van der Waals surface area contributed by atoms with Crippen molar-refractivity contribution in [3.05, 3.63) is 64.0 Å². The molecule has 1 aromatic heterocycles. The van der Waals surface area contributed by atoms with Crippen molar-refractivity contribution in [2.75, 3.05) is 28.2 Å². The molecular formula is C28H31N3O8. The number of rotatable bonds is 5. The van der Waals surface area contributed by atoms with Gasteiger partial charge in [-0.05, 0) is 70.2 Å². The Labute approximate surface area is 224 Å². The quantitative estimate of drug-likeness (QED) is 0.351. The first kappa shape index (κ1) is 26.7. The summed E-state index contributed by atoms with van der Waals surface area (Å²) in [5, 5.41) is 45.4. The molecule has 0 unspecified atom stereocenters. The molecule has 0 bridgehead atoms. The molecule has 3 aliphatic carbocycles. The number of Topliss-reactive ketones (excluding diaryl/α,β-unsaturated/α-hetero) is 2. The van der Waals surface area contributed by atoms with Gasteiger partial charge >= 0.3 is 0 Å². The van der Waals surface area contributed by atoms with Gasteiger partial charge in [-0.15, -0.1) is 0 Å². The SMILES string of the molecule is CN(C)Cc1cc(-c2ccoc2)c2c(c1O)C(=O)C1=C(O)[C@]3(O)C(=O)C(C(N)=O)=C(O)[C@@H](N(C)C)[C@@H]3C[C@@H]1C2. The van der Waals surface area contributed by atoms with Crippen LogP contribution in [0.1, 0.15) is 27.9 Å². The van der Waals surface area contributed by atoms with Gasteiger partial charge in [0.05, 0.1) is 24.1 Å². The zero-order valence-corrected chi connectivity index (χ0v) is 22.1. The van der Waals surface area contributed by atoms with Crippen LogP contribution in [0.4, 0.5) is 0 Å². The number of hydrogen-bond acceptors (Lipinski definition) is 10. The molecule has 1 aromatic carbocycles. The van der Waals surface area contributed by atoms with Gasteiger partial charge in [-0.25, -0.2) is 0 Å². The first-order valence-corrected chi connectivity index (χ1v) is 12.5. The molecule has 4 atom stereocenters. The smallest absolute Gasteiger partial charge is 0.255 e. The Balaban J connectivity index is 1.76. The number of primary amides is 1. The Hall–Kier alpha value is -3.93. The van der Waals surface area contributed by atoms with Gasteiger partial charge in [0.1, 0.15) is 22.8 Å². The van der Waals surface area contributed by atoms with Crippen LogP contribution in [-0.4, -0.2) is 87.5 Å². The number of nitrogens with two attached hydrogens (primary N) is 1. The van der Waals surface area contributed by atoms with Crippen molar-refractivity contribution in [1.29, 1.82) is 0 Å². The Kier molecular flexibility index (Phi) is 6.21. The van der Waals surface area contributed by atoms with Crippen LogP contribution in [0.15, 0.2) is 51.7 Å². The molecule has 0 spiro atoms. The number of aromatic hydroxyl groups is 1. The van der Waals surface area contributed by atoms with Crippen LogP contribution in [0.2, 0.25) is 0 Å². The summed E-state index contributed by atoms with van der Waals surface area (Å²) >= 11 is 0. The predicted molar refractivity (Wildman–Crippen MR) is 139 cm³/mol. The summed E-state index contributed by atoms with van der Waals surface area (Å²) in [6.45, 7) is 0.312. The van der Waals surface area contributed by atoms with Crippen molar-refractivity contribution in [3.8, 4) is 16.9 Å². The fraction of sp³-hybridized carbons (Fsp3) is 0.393. The zero-order valence-electron chi connectivity index (χ0n) is 22.1. The number of furan rings is 1. The lowest BCUT2D eigenvalue weighted by molar-refractivity contribution is -0.148. The minimum absolute atomic E-state index is 0.0219. The van der Waals surface area contributed by atoms with Gasteiger partial charge in [-0.2, -0.15) is 0 Å². The minimum atomic E-state index is -2.67. The molecular weight excluding hydrogens is 506 g/mol. The second-order valence-electron chi connectivity index (χ2n) is 11.0. The Morgan fingerprint density at radius 2 is 1.87 bits per heavy atom. The Bertz CT molecular complexity index is 1470. The maximum Gasteiger partial charge on any atom is 0.255 e. The van der Waals surface area contributed by atoms with Crippen molar-refractivity contribution < 1.29 is 39.2 Å². The Morgan fingerprint density at radius 3 is 2.44 bits per heavy atom. The van der Waals surface area contributed by atoms with Crippen LogP contribution in [0.25, 0.3) is 11.1 Å². The molecule has 0 aliphatic heterocycles. The number of ketones is 2. The molecule has 6 N–H and O–H groups in total. The summed E-state index contributed by atoms with van der Waals surface area (Å²) in [6.07, 6.45) is 3.26. The van der Waals surface area contributed by atoms with Gasteiger partial charge < -0.3 is 35.5 Å². The number of benzene rings is 1. The third-order valence-corrected chi connectivity index (χ3v) is 8.12. The molecule has 11 nitrogen and oxygen atoms in total. The van der Waals surface area contributed by atoms with E-state index < -0.39 is 58.0 Å². The highest BCUT2D eigenvalue weighted by atomic mass is 16.3. The molecule has 0 saturated heterocycles. The highest BCUT2D eigenvalue weighted by Gasteiger charge is 2.63. The molecule has 2 aromatic rings. The lowest BCUT2D eigenvalue weighted by atomic mass is 9.58. The fourth-order valence-electron chi connectivity index (χ4n) is 6.51. The van der Waals surface area contributed by atoms with Crippen molar-refractivity contribution in [2.45, 2.75) is 31.0 Å². The molecule has 5 rings (SSSR count). The number of carbonyl (C=O) groups is 3. The van der Waals surface area contributed by atoms with Crippen LogP contribution in [0.3, 0.4) is 0 Å². The fourth-order valence-corrected chi connectivity index (χ4v) is 6.51.